The van der Waals surface area contributed by atoms with Crippen LogP contribution in [0.4, 0.5) is 5.69 Å². The standard InChI is InChI=1S/C21H25ClN2O4/c22-16-2-1-3-17(7-16)24-18(25)12-28-19(26)11-23-20(27)21-8-13-4-14(9-21)6-15(5-13)10-21/h1-3,7,13-15H,4-6,8-12H2,(H,23,27)(H,24,25). The third kappa shape index (κ3) is 4.17. The average molecular weight is 405 g/mol. The van der Waals surface area contributed by atoms with Gasteiger partial charge in [-0.1, -0.05) is 17.7 Å². The molecule has 0 heterocycles. The molecule has 28 heavy (non-hydrogen) atoms. The van der Waals surface area contributed by atoms with Gasteiger partial charge in [-0.25, -0.2) is 0 Å². The van der Waals surface area contributed by atoms with Gasteiger partial charge in [-0.2, -0.15) is 0 Å². The maximum absolute atomic E-state index is 12.8. The van der Waals surface area contributed by atoms with Crippen LogP contribution >= 0.6 is 11.6 Å². The summed E-state index contributed by atoms with van der Waals surface area (Å²) < 4.78 is 4.98. The Bertz CT molecular complexity index is 759. The monoisotopic (exact) mass is 404 g/mol. The molecule has 150 valence electrons. The number of halogens is 1. The first-order chi connectivity index (χ1) is 13.4. The molecule has 1 aromatic rings. The van der Waals surface area contributed by atoms with Gasteiger partial charge in [0.2, 0.25) is 5.91 Å². The fourth-order valence-corrected chi connectivity index (χ4v) is 5.88. The second-order valence-corrected chi connectivity index (χ2v) is 9.04. The number of carbonyl (C=O) groups is 3. The van der Waals surface area contributed by atoms with E-state index in [4.69, 9.17) is 16.3 Å². The normalized spacial score (nSPS) is 30.0. The van der Waals surface area contributed by atoms with Crippen molar-refractivity contribution in [3.8, 4) is 0 Å². The van der Waals surface area contributed by atoms with E-state index >= 15 is 0 Å². The van der Waals surface area contributed by atoms with Crippen LogP contribution in [0.2, 0.25) is 5.02 Å². The van der Waals surface area contributed by atoms with Gasteiger partial charge in [-0.15, -0.1) is 0 Å². The Morgan fingerprint density at radius 3 is 2.32 bits per heavy atom. The Morgan fingerprint density at radius 2 is 1.71 bits per heavy atom. The average Bonchev–Trinajstić information content (AvgIpc) is 2.63. The van der Waals surface area contributed by atoms with Crippen LogP contribution < -0.4 is 10.6 Å². The summed E-state index contributed by atoms with van der Waals surface area (Å²) in [4.78, 5) is 36.6. The van der Waals surface area contributed by atoms with Gasteiger partial charge in [0, 0.05) is 16.1 Å². The van der Waals surface area contributed by atoms with E-state index < -0.39 is 18.5 Å². The number of amides is 2. The zero-order chi connectivity index (χ0) is 19.7. The molecule has 0 aromatic heterocycles. The van der Waals surface area contributed by atoms with Crippen molar-refractivity contribution in [3.05, 3.63) is 29.3 Å². The molecule has 7 heteroatoms. The molecular formula is C21H25ClN2O4. The lowest BCUT2D eigenvalue weighted by Crippen LogP contribution is -2.54. The topological polar surface area (TPSA) is 84.5 Å². The Morgan fingerprint density at radius 1 is 1.07 bits per heavy atom. The summed E-state index contributed by atoms with van der Waals surface area (Å²) >= 11 is 5.86. The highest BCUT2D eigenvalue weighted by Crippen LogP contribution is 2.60. The summed E-state index contributed by atoms with van der Waals surface area (Å²) in [6.07, 6.45) is 6.62. The zero-order valence-corrected chi connectivity index (χ0v) is 16.5. The molecule has 0 aliphatic heterocycles. The first-order valence-corrected chi connectivity index (χ1v) is 10.3. The number of nitrogens with one attached hydrogen (secondary N) is 2. The van der Waals surface area contributed by atoms with Gasteiger partial charge in [0.05, 0.1) is 0 Å². The van der Waals surface area contributed by atoms with Gasteiger partial charge >= 0.3 is 5.97 Å². The van der Waals surface area contributed by atoms with E-state index in [0.29, 0.717) is 28.5 Å². The molecule has 4 saturated carbocycles. The number of carbonyl (C=O) groups excluding carboxylic acids is 3. The van der Waals surface area contributed by atoms with Crippen LogP contribution in [0.3, 0.4) is 0 Å². The fraction of sp³-hybridized carbons (Fsp3) is 0.571. The van der Waals surface area contributed by atoms with Crippen molar-refractivity contribution in [2.24, 2.45) is 23.2 Å². The second kappa shape index (κ2) is 7.74. The fourth-order valence-electron chi connectivity index (χ4n) is 5.69. The third-order valence-electron chi connectivity index (χ3n) is 6.39. The number of benzene rings is 1. The lowest BCUT2D eigenvalue weighted by atomic mass is 9.49. The quantitative estimate of drug-likeness (QED) is 0.713. The van der Waals surface area contributed by atoms with E-state index in [-0.39, 0.29) is 17.9 Å². The zero-order valence-electron chi connectivity index (χ0n) is 15.7. The van der Waals surface area contributed by atoms with Crippen molar-refractivity contribution in [3.63, 3.8) is 0 Å². The van der Waals surface area contributed by atoms with E-state index in [1.54, 1.807) is 24.3 Å². The van der Waals surface area contributed by atoms with Gasteiger partial charge in [-0.3, -0.25) is 14.4 Å². The number of hydrogen-bond donors (Lipinski definition) is 2. The lowest BCUT2D eigenvalue weighted by molar-refractivity contribution is -0.152. The summed E-state index contributed by atoms with van der Waals surface area (Å²) in [6, 6.07) is 6.71. The molecule has 4 bridgehead atoms. The van der Waals surface area contributed by atoms with Crippen molar-refractivity contribution in [1.82, 2.24) is 5.32 Å². The van der Waals surface area contributed by atoms with Gasteiger partial charge in [0.25, 0.3) is 5.91 Å². The molecule has 4 aliphatic carbocycles. The van der Waals surface area contributed by atoms with Crippen LogP contribution in [0.15, 0.2) is 24.3 Å². The van der Waals surface area contributed by atoms with Crippen LogP contribution in [-0.4, -0.2) is 30.9 Å². The highest BCUT2D eigenvalue weighted by Gasteiger charge is 2.54. The second-order valence-electron chi connectivity index (χ2n) is 8.60. The lowest BCUT2D eigenvalue weighted by Gasteiger charge is -2.55. The van der Waals surface area contributed by atoms with Crippen molar-refractivity contribution in [2.45, 2.75) is 38.5 Å². The first-order valence-electron chi connectivity index (χ1n) is 9.91. The smallest absolute Gasteiger partial charge is 0.325 e. The predicted molar refractivity (Wildman–Crippen MR) is 105 cm³/mol. The van der Waals surface area contributed by atoms with Crippen molar-refractivity contribution in [1.29, 1.82) is 0 Å². The van der Waals surface area contributed by atoms with E-state index in [1.807, 2.05) is 0 Å². The highest BCUT2D eigenvalue weighted by molar-refractivity contribution is 6.30. The summed E-state index contributed by atoms with van der Waals surface area (Å²) in [7, 11) is 0. The largest absolute Gasteiger partial charge is 0.454 e. The maximum atomic E-state index is 12.8. The van der Waals surface area contributed by atoms with E-state index in [1.165, 1.54) is 19.3 Å². The Kier molecular flexibility index (Phi) is 5.32. The molecule has 0 atom stereocenters. The minimum absolute atomic E-state index is 0.0214. The number of ether oxygens (including phenoxy) is 1. The van der Waals surface area contributed by atoms with Gasteiger partial charge < -0.3 is 15.4 Å². The Labute approximate surface area is 169 Å². The van der Waals surface area contributed by atoms with Gasteiger partial charge in [0.1, 0.15) is 6.54 Å². The molecule has 5 rings (SSSR count). The third-order valence-corrected chi connectivity index (χ3v) is 6.62. The van der Waals surface area contributed by atoms with Crippen LogP contribution in [0.1, 0.15) is 38.5 Å². The molecule has 2 N–H and O–H groups in total. The SMILES string of the molecule is O=C(COC(=O)CNC(=O)C12CC3CC(CC(C3)C1)C2)Nc1cccc(Cl)c1. The van der Waals surface area contributed by atoms with Crippen molar-refractivity contribution >= 4 is 35.1 Å². The molecule has 1 aromatic carbocycles. The minimum Gasteiger partial charge on any atom is -0.454 e. The van der Waals surface area contributed by atoms with Crippen LogP contribution in [0.5, 0.6) is 0 Å². The maximum Gasteiger partial charge on any atom is 0.325 e. The van der Waals surface area contributed by atoms with Gasteiger partial charge in [-0.05, 0) is 74.5 Å². The Hall–Kier alpha value is -2.08. The van der Waals surface area contributed by atoms with Crippen molar-refractivity contribution in [2.75, 3.05) is 18.5 Å². The number of rotatable bonds is 6. The number of hydrogen-bond acceptors (Lipinski definition) is 4. The predicted octanol–water partition coefficient (Wildman–Crippen LogP) is 3.15. The molecule has 0 spiro atoms. The molecule has 0 saturated heterocycles. The molecule has 2 amide bonds. The highest BCUT2D eigenvalue weighted by atomic mass is 35.5. The summed E-state index contributed by atoms with van der Waals surface area (Å²) in [5, 5.41) is 5.86. The van der Waals surface area contributed by atoms with Crippen LogP contribution in [-0.2, 0) is 19.1 Å². The summed E-state index contributed by atoms with van der Waals surface area (Å²) in [5.41, 5.74) is 0.238. The van der Waals surface area contributed by atoms with Crippen LogP contribution in [0.25, 0.3) is 0 Å². The molecule has 4 fully saturated rings. The molecule has 6 nitrogen and oxygen atoms in total. The van der Waals surface area contributed by atoms with E-state index in [0.717, 1.165) is 19.3 Å². The van der Waals surface area contributed by atoms with E-state index in [9.17, 15) is 14.4 Å². The number of anilines is 1. The summed E-state index contributed by atoms with van der Waals surface area (Å²) in [5.74, 6) is 0.909. The van der Waals surface area contributed by atoms with Gasteiger partial charge in [0.15, 0.2) is 6.61 Å². The van der Waals surface area contributed by atoms with Crippen molar-refractivity contribution < 1.29 is 19.1 Å². The van der Waals surface area contributed by atoms with Crippen LogP contribution in [0, 0.1) is 23.2 Å². The minimum atomic E-state index is -0.612. The molecule has 0 radical (unpaired) electrons. The summed E-state index contributed by atoms with van der Waals surface area (Å²) in [6.45, 7) is -0.608. The molecule has 4 aliphatic rings. The Balaban J connectivity index is 1.21. The molecular weight excluding hydrogens is 380 g/mol. The molecule has 0 unspecified atom stereocenters. The number of esters is 1. The first kappa shape index (κ1) is 19.2. The van der Waals surface area contributed by atoms with E-state index in [2.05, 4.69) is 10.6 Å².